The van der Waals surface area contributed by atoms with Crippen molar-refractivity contribution in [1.29, 1.82) is 0 Å². The molecule has 0 aromatic heterocycles. The summed E-state index contributed by atoms with van der Waals surface area (Å²) in [7, 11) is 0. The molecule has 3 N–H and O–H groups in total. The molecule has 1 fully saturated rings. The smallest absolute Gasteiger partial charge is 0.303 e. The highest BCUT2D eigenvalue weighted by Crippen LogP contribution is 2.61. The second kappa shape index (κ2) is 7.57. The molecule has 0 bridgehead atoms. The highest BCUT2D eigenvalue weighted by Gasteiger charge is 2.55. The minimum absolute atomic E-state index is 0.0386. The number of carboxylic acids is 1. The van der Waals surface area contributed by atoms with E-state index in [4.69, 9.17) is 5.11 Å². The van der Waals surface area contributed by atoms with E-state index in [2.05, 4.69) is 19.9 Å². The van der Waals surface area contributed by atoms with E-state index >= 15 is 0 Å². The fourth-order valence-electron chi connectivity index (χ4n) is 5.46. The molecule has 0 unspecified atom stereocenters. The summed E-state index contributed by atoms with van der Waals surface area (Å²) in [4.78, 5) is 10.9. The first-order valence-electron chi connectivity index (χ1n) is 9.43. The van der Waals surface area contributed by atoms with E-state index in [0.29, 0.717) is 11.8 Å². The Bertz CT molecular complexity index is 486. The van der Waals surface area contributed by atoms with Crippen molar-refractivity contribution in [3.63, 3.8) is 0 Å². The first-order valence-corrected chi connectivity index (χ1v) is 9.43. The van der Waals surface area contributed by atoms with Crippen molar-refractivity contribution in [2.45, 2.75) is 65.7 Å². The molecule has 0 saturated heterocycles. The van der Waals surface area contributed by atoms with E-state index in [1.165, 1.54) is 0 Å². The summed E-state index contributed by atoms with van der Waals surface area (Å²) in [5.74, 6) is 0.366. The van der Waals surface area contributed by atoms with Crippen molar-refractivity contribution >= 4 is 5.97 Å². The Morgan fingerprint density at radius 1 is 1.38 bits per heavy atom. The number of carbonyl (C=O) groups is 1. The van der Waals surface area contributed by atoms with Crippen LogP contribution in [0, 0.1) is 28.6 Å². The van der Waals surface area contributed by atoms with E-state index in [0.717, 1.165) is 44.1 Å². The van der Waals surface area contributed by atoms with E-state index in [1.807, 2.05) is 6.92 Å². The molecule has 0 heterocycles. The van der Waals surface area contributed by atoms with Crippen LogP contribution in [-0.4, -0.2) is 34.5 Å². The van der Waals surface area contributed by atoms with Crippen LogP contribution in [-0.2, 0) is 4.79 Å². The van der Waals surface area contributed by atoms with Gasteiger partial charge in [-0.1, -0.05) is 26.8 Å². The molecule has 2 rings (SSSR count). The number of aliphatic hydroxyl groups excluding tert-OH is 2. The van der Waals surface area contributed by atoms with Gasteiger partial charge in [0.1, 0.15) is 0 Å². The van der Waals surface area contributed by atoms with Gasteiger partial charge in [0, 0.05) is 11.8 Å². The van der Waals surface area contributed by atoms with Crippen molar-refractivity contribution in [2.24, 2.45) is 28.6 Å². The number of allylic oxidation sites excluding steroid dienone is 1. The van der Waals surface area contributed by atoms with Gasteiger partial charge in [0.2, 0.25) is 0 Å². The Labute approximate surface area is 146 Å². The largest absolute Gasteiger partial charge is 0.481 e. The number of hydrogen-bond donors (Lipinski definition) is 3. The molecule has 2 aliphatic carbocycles. The van der Waals surface area contributed by atoms with Crippen molar-refractivity contribution in [3.05, 3.63) is 11.6 Å². The first-order chi connectivity index (χ1) is 11.3. The average Bonchev–Trinajstić information content (AvgIpc) is 2.55. The molecule has 2 aliphatic rings. The van der Waals surface area contributed by atoms with Gasteiger partial charge in [-0.25, -0.2) is 0 Å². The van der Waals surface area contributed by atoms with E-state index in [1.54, 1.807) is 0 Å². The van der Waals surface area contributed by atoms with Crippen LogP contribution in [0.4, 0.5) is 0 Å². The third kappa shape index (κ3) is 3.41. The SMILES string of the molecule is C[C@H](CC[C@]1(C)[C@H](C)CC[C@]2(CO)C(CO)=CCC[C@H]21)CC(=O)O. The van der Waals surface area contributed by atoms with Crippen LogP contribution in [0.1, 0.15) is 65.7 Å². The number of aliphatic hydroxyl groups is 2. The van der Waals surface area contributed by atoms with Gasteiger partial charge in [0.15, 0.2) is 0 Å². The Hall–Kier alpha value is -0.870. The Kier molecular flexibility index (Phi) is 6.14. The second-order valence-corrected chi connectivity index (χ2v) is 8.52. The van der Waals surface area contributed by atoms with Crippen LogP contribution in [0.5, 0.6) is 0 Å². The highest BCUT2D eigenvalue weighted by molar-refractivity contribution is 5.66. The van der Waals surface area contributed by atoms with Gasteiger partial charge in [-0.05, 0) is 67.3 Å². The predicted molar refractivity (Wildman–Crippen MR) is 94.6 cm³/mol. The summed E-state index contributed by atoms with van der Waals surface area (Å²) in [6.07, 6.45) is 8.28. The average molecular weight is 338 g/mol. The molecule has 0 aromatic rings. The van der Waals surface area contributed by atoms with E-state index in [-0.39, 0.29) is 36.4 Å². The fourth-order valence-corrected chi connectivity index (χ4v) is 5.46. The van der Waals surface area contributed by atoms with Gasteiger partial charge < -0.3 is 15.3 Å². The Morgan fingerprint density at radius 3 is 2.67 bits per heavy atom. The van der Waals surface area contributed by atoms with Crippen LogP contribution >= 0.6 is 0 Å². The van der Waals surface area contributed by atoms with Crippen molar-refractivity contribution < 1.29 is 20.1 Å². The fraction of sp³-hybridized carbons (Fsp3) is 0.850. The minimum atomic E-state index is -0.725. The molecular formula is C20H34O4. The first kappa shape index (κ1) is 19.5. The number of aliphatic carboxylic acids is 1. The van der Waals surface area contributed by atoms with Crippen LogP contribution in [0.15, 0.2) is 11.6 Å². The number of rotatable bonds is 7. The topological polar surface area (TPSA) is 77.8 Å². The lowest BCUT2D eigenvalue weighted by Crippen LogP contribution is -2.53. The molecule has 0 spiro atoms. The van der Waals surface area contributed by atoms with Gasteiger partial charge in [0.25, 0.3) is 0 Å². The lowest BCUT2D eigenvalue weighted by molar-refractivity contribution is -0.138. The lowest BCUT2D eigenvalue weighted by Gasteiger charge is -2.59. The maximum absolute atomic E-state index is 10.9. The predicted octanol–water partition coefficient (Wildman–Crippen LogP) is 3.62. The quantitative estimate of drug-likeness (QED) is 0.620. The number of carboxylic acid groups (broad SMARTS) is 1. The molecule has 5 atom stereocenters. The lowest BCUT2D eigenvalue weighted by atomic mass is 9.46. The zero-order valence-corrected chi connectivity index (χ0v) is 15.4. The standard InChI is InChI=1S/C20H34O4/c1-14(11-18(23)24)7-9-19(3)15(2)8-10-20(13-22)16(12-21)5-4-6-17(19)20/h5,14-15,17,21-22H,4,6-13H2,1-3H3,(H,23,24)/t14-,15-,17+,19-,20+/m1/s1. The molecule has 0 radical (unpaired) electrons. The third-order valence-electron chi connectivity index (χ3n) is 7.25. The zero-order chi connectivity index (χ0) is 18.0. The Morgan fingerprint density at radius 2 is 2.08 bits per heavy atom. The normalized spacial score (nSPS) is 37.5. The molecule has 138 valence electrons. The van der Waals surface area contributed by atoms with E-state index < -0.39 is 5.97 Å². The van der Waals surface area contributed by atoms with Crippen LogP contribution in [0.25, 0.3) is 0 Å². The maximum atomic E-state index is 10.9. The third-order valence-corrected chi connectivity index (χ3v) is 7.25. The molecule has 0 aliphatic heterocycles. The number of hydrogen-bond acceptors (Lipinski definition) is 3. The molecular weight excluding hydrogens is 304 g/mol. The minimum Gasteiger partial charge on any atom is -0.481 e. The molecule has 24 heavy (non-hydrogen) atoms. The molecule has 4 nitrogen and oxygen atoms in total. The van der Waals surface area contributed by atoms with Crippen molar-refractivity contribution in [2.75, 3.05) is 13.2 Å². The Balaban J connectivity index is 2.23. The molecule has 0 amide bonds. The summed E-state index contributed by atoms with van der Waals surface area (Å²) in [6, 6.07) is 0. The maximum Gasteiger partial charge on any atom is 0.303 e. The molecule has 0 aromatic carbocycles. The highest BCUT2D eigenvalue weighted by atomic mass is 16.4. The van der Waals surface area contributed by atoms with Crippen LogP contribution in [0.2, 0.25) is 0 Å². The monoisotopic (exact) mass is 338 g/mol. The van der Waals surface area contributed by atoms with Gasteiger partial charge in [0.05, 0.1) is 13.2 Å². The second-order valence-electron chi connectivity index (χ2n) is 8.52. The molecule has 1 saturated carbocycles. The van der Waals surface area contributed by atoms with Gasteiger partial charge in [-0.15, -0.1) is 0 Å². The summed E-state index contributed by atoms with van der Waals surface area (Å²) in [5.41, 5.74) is 0.838. The van der Waals surface area contributed by atoms with Crippen molar-refractivity contribution in [3.8, 4) is 0 Å². The summed E-state index contributed by atoms with van der Waals surface area (Å²) in [6.45, 7) is 6.80. The van der Waals surface area contributed by atoms with Gasteiger partial charge >= 0.3 is 5.97 Å². The summed E-state index contributed by atoms with van der Waals surface area (Å²) < 4.78 is 0. The summed E-state index contributed by atoms with van der Waals surface area (Å²) >= 11 is 0. The van der Waals surface area contributed by atoms with E-state index in [9.17, 15) is 15.0 Å². The van der Waals surface area contributed by atoms with Gasteiger partial charge in [-0.2, -0.15) is 0 Å². The van der Waals surface area contributed by atoms with Crippen molar-refractivity contribution in [1.82, 2.24) is 0 Å². The van der Waals surface area contributed by atoms with Crippen LogP contribution < -0.4 is 0 Å². The van der Waals surface area contributed by atoms with Gasteiger partial charge in [-0.3, -0.25) is 4.79 Å². The summed E-state index contributed by atoms with van der Waals surface area (Å²) in [5, 5.41) is 29.1. The van der Waals surface area contributed by atoms with Crippen LogP contribution in [0.3, 0.4) is 0 Å². The zero-order valence-electron chi connectivity index (χ0n) is 15.4. The molecule has 4 heteroatoms. The number of fused-ring (bicyclic) bond motifs is 1.